The van der Waals surface area contributed by atoms with Gasteiger partial charge in [0.2, 0.25) is 5.82 Å². The summed E-state index contributed by atoms with van der Waals surface area (Å²) in [6, 6.07) is 4.08. The van der Waals surface area contributed by atoms with Crippen LogP contribution in [-0.2, 0) is 4.79 Å². The van der Waals surface area contributed by atoms with Crippen LogP contribution in [0.5, 0.6) is 5.75 Å². The summed E-state index contributed by atoms with van der Waals surface area (Å²) in [7, 11) is 0. The molecule has 0 saturated carbocycles. The van der Waals surface area contributed by atoms with Gasteiger partial charge < -0.3 is 15.0 Å². The Kier molecular flexibility index (Phi) is 5.95. The summed E-state index contributed by atoms with van der Waals surface area (Å²) in [5, 5.41) is 14.0. The van der Waals surface area contributed by atoms with Gasteiger partial charge >= 0.3 is 5.69 Å². The quantitative estimate of drug-likeness (QED) is 0.655. The summed E-state index contributed by atoms with van der Waals surface area (Å²) in [5.41, 5.74) is -0.613. The molecule has 2 fully saturated rings. The Morgan fingerprint density at radius 3 is 2.83 bits per heavy atom. The van der Waals surface area contributed by atoms with Crippen LogP contribution in [-0.4, -0.2) is 47.5 Å². The highest BCUT2D eigenvalue weighted by atomic mass is 35.5. The molecule has 2 atom stereocenters. The fourth-order valence-corrected chi connectivity index (χ4v) is 3.13. The second kappa shape index (κ2) is 7.76. The maximum atomic E-state index is 13.5. The molecule has 2 heterocycles. The second-order valence-electron chi connectivity index (χ2n) is 5.93. The standard InChI is InChI=1S/C15H18FN3O4.ClH/c16-13-7-12(3-4-14(13)19(21)22)23-9-15(20)18-6-5-10-1-2-11(8-18)17-10;/h3-4,7,10-11,17H,1-2,5-6,8-9H2;1H. The number of hydrogen-bond donors (Lipinski definition) is 1. The van der Waals surface area contributed by atoms with Crippen LogP contribution >= 0.6 is 12.4 Å². The average Bonchev–Trinajstić information content (AvgIpc) is 2.83. The predicted octanol–water partition coefficient (Wildman–Crippen LogP) is 1.89. The first-order valence-corrected chi connectivity index (χ1v) is 7.63. The van der Waals surface area contributed by atoms with Crippen LogP contribution in [0.1, 0.15) is 19.3 Å². The SMILES string of the molecule is Cl.O=C(COc1ccc([N+](=O)[O-])c(F)c1)N1CCC2CCC(C1)N2. The monoisotopic (exact) mass is 359 g/mol. The van der Waals surface area contributed by atoms with Gasteiger partial charge in [0.15, 0.2) is 6.61 Å². The van der Waals surface area contributed by atoms with Crippen molar-refractivity contribution in [3.05, 3.63) is 34.1 Å². The number of ether oxygens (including phenoxy) is 1. The molecule has 2 bridgehead atoms. The van der Waals surface area contributed by atoms with Crippen molar-refractivity contribution in [3.63, 3.8) is 0 Å². The zero-order valence-corrected chi connectivity index (χ0v) is 13.8. The number of nitrogens with zero attached hydrogens (tertiary/aromatic N) is 2. The van der Waals surface area contributed by atoms with Gasteiger partial charge in [-0.3, -0.25) is 14.9 Å². The first-order chi connectivity index (χ1) is 11.0. The van der Waals surface area contributed by atoms with E-state index in [1.54, 1.807) is 4.90 Å². The van der Waals surface area contributed by atoms with E-state index in [4.69, 9.17) is 4.74 Å². The van der Waals surface area contributed by atoms with Crippen LogP contribution in [0.25, 0.3) is 0 Å². The molecule has 0 aliphatic carbocycles. The van der Waals surface area contributed by atoms with E-state index in [-0.39, 0.29) is 30.7 Å². The zero-order chi connectivity index (χ0) is 16.4. The Morgan fingerprint density at radius 2 is 2.12 bits per heavy atom. The number of carbonyl (C=O) groups is 1. The smallest absolute Gasteiger partial charge is 0.305 e. The molecule has 7 nitrogen and oxygen atoms in total. The number of nitro benzene ring substituents is 1. The van der Waals surface area contributed by atoms with E-state index in [0.29, 0.717) is 25.2 Å². The molecule has 1 N–H and O–H groups in total. The Balaban J connectivity index is 0.00000208. The lowest BCUT2D eigenvalue weighted by atomic mass is 10.1. The number of rotatable bonds is 4. The molecule has 2 saturated heterocycles. The summed E-state index contributed by atoms with van der Waals surface area (Å²) in [6.45, 7) is 1.15. The largest absolute Gasteiger partial charge is 0.484 e. The van der Waals surface area contributed by atoms with Crippen LogP contribution in [0, 0.1) is 15.9 Å². The molecule has 1 amide bonds. The van der Waals surface area contributed by atoms with E-state index in [9.17, 15) is 19.3 Å². The first-order valence-electron chi connectivity index (χ1n) is 7.63. The zero-order valence-electron chi connectivity index (χ0n) is 12.9. The van der Waals surface area contributed by atoms with Crippen LogP contribution in [0.3, 0.4) is 0 Å². The highest BCUT2D eigenvalue weighted by Gasteiger charge is 2.31. The van der Waals surface area contributed by atoms with Gasteiger partial charge in [0, 0.05) is 37.3 Å². The van der Waals surface area contributed by atoms with Crippen molar-refractivity contribution in [1.82, 2.24) is 10.2 Å². The normalized spacial score (nSPS) is 22.5. The van der Waals surface area contributed by atoms with Gasteiger partial charge in [0.05, 0.1) is 4.92 Å². The lowest BCUT2D eigenvalue weighted by Gasteiger charge is -2.24. The molecule has 9 heteroatoms. The number of hydrogen-bond acceptors (Lipinski definition) is 5. The second-order valence-corrected chi connectivity index (χ2v) is 5.93. The van der Waals surface area contributed by atoms with Crippen molar-refractivity contribution in [2.45, 2.75) is 31.3 Å². The minimum absolute atomic E-state index is 0. The average molecular weight is 360 g/mol. The molecule has 1 aromatic rings. The van der Waals surface area contributed by atoms with E-state index < -0.39 is 16.4 Å². The molecule has 0 spiro atoms. The molecule has 3 rings (SSSR count). The number of nitrogens with one attached hydrogen (secondary N) is 1. The number of likely N-dealkylation sites (tertiary alicyclic amines) is 1. The maximum Gasteiger partial charge on any atom is 0.305 e. The summed E-state index contributed by atoms with van der Waals surface area (Å²) in [6.07, 6.45) is 3.16. The topological polar surface area (TPSA) is 84.7 Å². The van der Waals surface area contributed by atoms with Crippen molar-refractivity contribution in [2.75, 3.05) is 19.7 Å². The highest BCUT2D eigenvalue weighted by molar-refractivity contribution is 5.85. The van der Waals surface area contributed by atoms with Crippen LogP contribution < -0.4 is 10.1 Å². The lowest BCUT2D eigenvalue weighted by Crippen LogP contribution is -2.41. The van der Waals surface area contributed by atoms with E-state index in [0.717, 1.165) is 31.4 Å². The van der Waals surface area contributed by atoms with E-state index in [2.05, 4.69) is 5.32 Å². The van der Waals surface area contributed by atoms with Crippen molar-refractivity contribution in [2.24, 2.45) is 0 Å². The Labute approximate surface area is 144 Å². The molecule has 0 radical (unpaired) electrons. The number of fused-ring (bicyclic) bond motifs is 2. The van der Waals surface area contributed by atoms with Crippen molar-refractivity contribution >= 4 is 24.0 Å². The molecule has 24 heavy (non-hydrogen) atoms. The summed E-state index contributed by atoms with van der Waals surface area (Å²) in [4.78, 5) is 23.8. The Morgan fingerprint density at radius 1 is 1.38 bits per heavy atom. The fraction of sp³-hybridized carbons (Fsp3) is 0.533. The molecule has 0 aromatic heterocycles. The van der Waals surface area contributed by atoms with Crippen molar-refractivity contribution in [1.29, 1.82) is 0 Å². The lowest BCUT2D eigenvalue weighted by molar-refractivity contribution is -0.387. The summed E-state index contributed by atoms with van der Waals surface area (Å²) >= 11 is 0. The van der Waals surface area contributed by atoms with Gasteiger partial charge in [-0.05, 0) is 25.3 Å². The molecule has 2 aliphatic rings. The molecule has 2 aliphatic heterocycles. The van der Waals surface area contributed by atoms with Gasteiger partial charge in [0.1, 0.15) is 5.75 Å². The first kappa shape index (κ1) is 18.4. The molecule has 2 unspecified atom stereocenters. The Hall–Kier alpha value is -1.93. The highest BCUT2D eigenvalue weighted by Crippen LogP contribution is 2.23. The summed E-state index contributed by atoms with van der Waals surface area (Å²) in [5.74, 6) is -1.02. The number of halogens is 2. The van der Waals surface area contributed by atoms with E-state index >= 15 is 0 Å². The minimum atomic E-state index is -0.976. The number of benzene rings is 1. The third-order valence-electron chi connectivity index (χ3n) is 4.35. The van der Waals surface area contributed by atoms with Gasteiger partial charge in [-0.25, -0.2) is 0 Å². The maximum absolute atomic E-state index is 13.5. The molecular formula is C15H19ClFN3O4. The van der Waals surface area contributed by atoms with Crippen LogP contribution in [0.2, 0.25) is 0 Å². The minimum Gasteiger partial charge on any atom is -0.484 e. The van der Waals surface area contributed by atoms with Gasteiger partial charge in [-0.15, -0.1) is 12.4 Å². The summed E-state index contributed by atoms with van der Waals surface area (Å²) < 4.78 is 18.8. The molecule has 1 aromatic carbocycles. The number of nitro groups is 1. The van der Waals surface area contributed by atoms with E-state index in [1.807, 2.05) is 0 Å². The van der Waals surface area contributed by atoms with Gasteiger partial charge in [0.25, 0.3) is 5.91 Å². The van der Waals surface area contributed by atoms with Gasteiger partial charge in [-0.1, -0.05) is 0 Å². The van der Waals surface area contributed by atoms with Crippen LogP contribution in [0.15, 0.2) is 18.2 Å². The third kappa shape index (κ3) is 4.12. The number of carbonyl (C=O) groups excluding carboxylic acids is 1. The van der Waals surface area contributed by atoms with Crippen molar-refractivity contribution < 1.29 is 18.8 Å². The molecular weight excluding hydrogens is 341 g/mol. The molecule has 132 valence electrons. The van der Waals surface area contributed by atoms with E-state index in [1.165, 1.54) is 6.07 Å². The fourth-order valence-electron chi connectivity index (χ4n) is 3.13. The predicted molar refractivity (Wildman–Crippen MR) is 86.9 cm³/mol. The Bertz CT molecular complexity index is 631. The van der Waals surface area contributed by atoms with Gasteiger partial charge in [-0.2, -0.15) is 4.39 Å². The van der Waals surface area contributed by atoms with Crippen molar-refractivity contribution in [3.8, 4) is 5.75 Å². The third-order valence-corrected chi connectivity index (χ3v) is 4.35. The van der Waals surface area contributed by atoms with Crippen LogP contribution in [0.4, 0.5) is 10.1 Å². The number of amides is 1.